The molecule has 1 aliphatic rings. The van der Waals surface area contributed by atoms with Gasteiger partial charge in [0.05, 0.1) is 12.6 Å². The lowest BCUT2D eigenvalue weighted by molar-refractivity contribution is 0.0524. The molecule has 5 nitrogen and oxygen atoms in total. The quantitative estimate of drug-likeness (QED) is 0.624. The first-order valence-electron chi connectivity index (χ1n) is 11.2. The fraction of sp³-hybridized carbons (Fsp3) is 0.480. The molecule has 8 heteroatoms. The lowest BCUT2D eigenvalue weighted by atomic mass is 10.0. The van der Waals surface area contributed by atoms with Crippen LogP contribution in [-0.4, -0.2) is 61.0 Å². The summed E-state index contributed by atoms with van der Waals surface area (Å²) in [5, 5.41) is 2.55. The van der Waals surface area contributed by atoms with Crippen LogP contribution in [0.5, 0.6) is 5.75 Å². The molecule has 1 heterocycles. The van der Waals surface area contributed by atoms with Gasteiger partial charge in [-0.15, -0.1) is 0 Å². The molecule has 1 saturated heterocycles. The Kier molecular flexibility index (Phi) is 8.61. The van der Waals surface area contributed by atoms with Crippen molar-refractivity contribution in [3.8, 4) is 5.75 Å². The number of carbonyl (C=O) groups excluding carboxylic acids is 1. The maximum Gasteiger partial charge on any atom is 0.318 e. The molecule has 2 aromatic carbocycles. The molecule has 2 aromatic rings. The second-order valence-electron chi connectivity index (χ2n) is 9.06. The highest BCUT2D eigenvalue weighted by molar-refractivity contribution is 5.74. The van der Waals surface area contributed by atoms with Crippen LogP contribution in [0.25, 0.3) is 0 Å². The van der Waals surface area contributed by atoms with E-state index < -0.39 is 24.4 Å². The smallest absolute Gasteiger partial charge is 0.318 e. The third kappa shape index (κ3) is 7.39. The molecule has 0 aromatic heterocycles. The Morgan fingerprint density at radius 2 is 1.55 bits per heavy atom. The highest BCUT2D eigenvalue weighted by atomic mass is 19.1. The van der Waals surface area contributed by atoms with Crippen molar-refractivity contribution in [2.24, 2.45) is 5.92 Å². The molecule has 33 heavy (non-hydrogen) atoms. The molecule has 180 valence electrons. The van der Waals surface area contributed by atoms with Crippen LogP contribution in [0.3, 0.4) is 0 Å². The van der Waals surface area contributed by atoms with E-state index in [4.69, 9.17) is 4.74 Å². The van der Waals surface area contributed by atoms with Crippen molar-refractivity contribution < 1.29 is 22.7 Å². The van der Waals surface area contributed by atoms with Crippen LogP contribution in [0.15, 0.2) is 48.5 Å². The standard InChI is InChI=1S/C25H32F3N3O2/c1-17(2)16-33-21-10-6-19(7-11-21)13-31(12-18-4-8-20(26)9-5-18)25(32)29-24-22(27)14-30(3)15-23(24)28/h4-11,17,22-24H,12-16H2,1-3H3,(H,29,32)/t22-,23+,24?. The third-order valence-corrected chi connectivity index (χ3v) is 5.50. The van der Waals surface area contributed by atoms with E-state index in [1.54, 1.807) is 24.1 Å². The van der Waals surface area contributed by atoms with E-state index in [9.17, 15) is 18.0 Å². The van der Waals surface area contributed by atoms with Gasteiger partial charge < -0.3 is 19.9 Å². The Balaban J connectivity index is 1.73. The Hall–Kier alpha value is -2.74. The molecule has 0 spiro atoms. The number of carbonyl (C=O) groups is 1. The maximum absolute atomic E-state index is 14.5. The number of hydrogen-bond donors (Lipinski definition) is 1. The predicted octanol–water partition coefficient (Wildman–Crippen LogP) is 4.56. The average Bonchev–Trinajstić information content (AvgIpc) is 2.76. The van der Waals surface area contributed by atoms with Gasteiger partial charge >= 0.3 is 6.03 Å². The van der Waals surface area contributed by atoms with Crippen molar-refractivity contribution in [2.75, 3.05) is 26.7 Å². The molecular formula is C25H32F3N3O2. The fourth-order valence-electron chi connectivity index (χ4n) is 3.72. The first-order valence-corrected chi connectivity index (χ1v) is 11.2. The van der Waals surface area contributed by atoms with E-state index in [1.807, 2.05) is 24.3 Å². The van der Waals surface area contributed by atoms with Crippen molar-refractivity contribution >= 4 is 6.03 Å². The summed E-state index contributed by atoms with van der Waals surface area (Å²) in [5.74, 6) is 0.755. The minimum absolute atomic E-state index is 0.0567. The van der Waals surface area contributed by atoms with Gasteiger partial charge in [0.1, 0.15) is 23.9 Å². The second kappa shape index (κ2) is 11.4. The van der Waals surface area contributed by atoms with Crippen LogP contribution in [-0.2, 0) is 13.1 Å². The number of halogens is 3. The maximum atomic E-state index is 14.5. The minimum atomic E-state index is -1.51. The highest BCUT2D eigenvalue weighted by Crippen LogP contribution is 2.19. The summed E-state index contributed by atoms with van der Waals surface area (Å²) in [5.41, 5.74) is 1.54. The number of benzene rings is 2. The number of nitrogens with one attached hydrogen (secondary N) is 1. The van der Waals surface area contributed by atoms with Crippen LogP contribution in [0, 0.1) is 11.7 Å². The number of urea groups is 1. The van der Waals surface area contributed by atoms with Gasteiger partial charge in [-0.3, -0.25) is 0 Å². The van der Waals surface area contributed by atoms with Crippen molar-refractivity contribution in [3.63, 3.8) is 0 Å². The van der Waals surface area contributed by atoms with E-state index in [0.29, 0.717) is 18.1 Å². The summed E-state index contributed by atoms with van der Waals surface area (Å²) in [7, 11) is 1.65. The number of ether oxygens (including phenoxy) is 1. The van der Waals surface area contributed by atoms with Gasteiger partial charge in [0, 0.05) is 26.2 Å². The van der Waals surface area contributed by atoms with E-state index in [2.05, 4.69) is 19.2 Å². The lowest BCUT2D eigenvalue weighted by Gasteiger charge is -2.36. The van der Waals surface area contributed by atoms with Gasteiger partial charge in [0.2, 0.25) is 0 Å². The number of amides is 2. The Bertz CT molecular complexity index is 881. The molecule has 0 bridgehead atoms. The highest BCUT2D eigenvalue weighted by Gasteiger charge is 2.38. The first kappa shape index (κ1) is 24.9. The molecule has 1 aliphatic heterocycles. The van der Waals surface area contributed by atoms with Crippen molar-refractivity contribution in [2.45, 2.75) is 45.3 Å². The van der Waals surface area contributed by atoms with Crippen LogP contribution < -0.4 is 10.1 Å². The Morgan fingerprint density at radius 1 is 1.03 bits per heavy atom. The van der Waals surface area contributed by atoms with Gasteiger partial charge in [-0.2, -0.15) is 0 Å². The summed E-state index contributed by atoms with van der Waals surface area (Å²) in [6.45, 7) is 5.22. The number of alkyl halides is 2. The van der Waals surface area contributed by atoms with Crippen molar-refractivity contribution in [1.29, 1.82) is 0 Å². The molecule has 3 rings (SSSR count). The number of likely N-dealkylation sites (tertiary alicyclic amines) is 1. The summed E-state index contributed by atoms with van der Waals surface area (Å²) in [4.78, 5) is 16.1. The summed E-state index contributed by atoms with van der Waals surface area (Å²) in [6, 6.07) is 11.4. The molecule has 0 radical (unpaired) electrons. The zero-order valence-electron chi connectivity index (χ0n) is 19.3. The topological polar surface area (TPSA) is 44.8 Å². The van der Waals surface area contributed by atoms with Crippen LogP contribution in [0.1, 0.15) is 25.0 Å². The monoisotopic (exact) mass is 463 g/mol. The molecule has 3 atom stereocenters. The van der Waals surface area contributed by atoms with Crippen LogP contribution >= 0.6 is 0 Å². The number of rotatable bonds is 8. The average molecular weight is 464 g/mol. The lowest BCUT2D eigenvalue weighted by Crippen LogP contribution is -2.60. The number of piperidine rings is 1. The zero-order chi connectivity index (χ0) is 24.0. The molecule has 0 saturated carbocycles. The van der Waals surface area contributed by atoms with Gasteiger partial charge in [0.25, 0.3) is 0 Å². The summed E-state index contributed by atoms with van der Waals surface area (Å²) >= 11 is 0. The van der Waals surface area contributed by atoms with Crippen LogP contribution in [0.2, 0.25) is 0 Å². The second-order valence-corrected chi connectivity index (χ2v) is 9.06. The van der Waals surface area contributed by atoms with E-state index in [-0.39, 0.29) is 32.0 Å². The first-order chi connectivity index (χ1) is 15.7. The van der Waals surface area contributed by atoms with Gasteiger partial charge in [-0.25, -0.2) is 18.0 Å². The third-order valence-electron chi connectivity index (χ3n) is 5.50. The minimum Gasteiger partial charge on any atom is -0.493 e. The molecule has 0 aliphatic carbocycles. The number of nitrogens with zero attached hydrogens (tertiary/aromatic N) is 2. The normalized spacial score (nSPS) is 21.1. The molecule has 2 amide bonds. The molecule has 1 N–H and O–H groups in total. The largest absolute Gasteiger partial charge is 0.493 e. The van der Waals surface area contributed by atoms with Crippen molar-refractivity contribution in [3.05, 3.63) is 65.5 Å². The SMILES string of the molecule is CC(C)COc1ccc(CN(Cc2ccc(F)cc2)C(=O)NC2[C@H](F)CN(C)C[C@@H]2F)cc1. The molecule has 1 fully saturated rings. The zero-order valence-corrected chi connectivity index (χ0v) is 19.3. The molecule has 1 unspecified atom stereocenters. The van der Waals surface area contributed by atoms with Crippen molar-refractivity contribution in [1.82, 2.24) is 15.1 Å². The van der Waals surface area contributed by atoms with E-state index >= 15 is 0 Å². The summed E-state index contributed by atoms with van der Waals surface area (Å²) < 4.78 is 48.0. The van der Waals surface area contributed by atoms with Gasteiger partial charge in [-0.05, 0) is 48.4 Å². The van der Waals surface area contributed by atoms with Gasteiger partial charge in [0.15, 0.2) is 0 Å². The molecular weight excluding hydrogens is 431 g/mol. The Labute approximate surface area is 193 Å². The van der Waals surface area contributed by atoms with Crippen LogP contribution in [0.4, 0.5) is 18.0 Å². The predicted molar refractivity (Wildman–Crippen MR) is 122 cm³/mol. The van der Waals surface area contributed by atoms with E-state index in [1.165, 1.54) is 17.0 Å². The summed E-state index contributed by atoms with van der Waals surface area (Å²) in [6.07, 6.45) is -3.01. The van der Waals surface area contributed by atoms with Gasteiger partial charge in [-0.1, -0.05) is 38.1 Å². The number of hydrogen-bond acceptors (Lipinski definition) is 3. The Morgan fingerprint density at radius 3 is 2.06 bits per heavy atom. The van der Waals surface area contributed by atoms with E-state index in [0.717, 1.165) is 11.3 Å². The fourth-order valence-corrected chi connectivity index (χ4v) is 3.72.